The van der Waals surface area contributed by atoms with E-state index in [0.717, 1.165) is 11.3 Å². The van der Waals surface area contributed by atoms with Gasteiger partial charge in [0, 0.05) is 10.9 Å². The van der Waals surface area contributed by atoms with Gasteiger partial charge in [0.05, 0.1) is 6.20 Å². The van der Waals surface area contributed by atoms with Crippen LogP contribution in [0, 0.1) is 0 Å². The van der Waals surface area contributed by atoms with Crippen molar-refractivity contribution < 1.29 is 4.42 Å². The van der Waals surface area contributed by atoms with Crippen molar-refractivity contribution in [3.63, 3.8) is 0 Å². The molecule has 0 saturated carbocycles. The summed E-state index contributed by atoms with van der Waals surface area (Å²) < 4.78 is 5.16. The highest BCUT2D eigenvalue weighted by Gasteiger charge is 2.04. The quantitative estimate of drug-likeness (QED) is 0.882. The monoisotopic (exact) mass is 234 g/mol. The fourth-order valence-corrected chi connectivity index (χ4v) is 2.07. The average Bonchev–Trinajstić information content (AvgIpc) is 2.82. The number of oxazole rings is 1. The van der Waals surface area contributed by atoms with Gasteiger partial charge in [0.2, 0.25) is 0 Å². The molecule has 0 aliphatic heterocycles. The van der Waals surface area contributed by atoms with Crippen molar-refractivity contribution >= 4 is 11.8 Å². The molecule has 0 spiro atoms. The van der Waals surface area contributed by atoms with Crippen LogP contribution >= 0.6 is 11.8 Å². The Morgan fingerprint density at radius 2 is 2.12 bits per heavy atom. The number of nitrogens with two attached hydrogens (primary N) is 1. The Morgan fingerprint density at radius 3 is 2.69 bits per heavy atom. The number of nitrogens with zero attached hydrogens (tertiary/aromatic N) is 1. The molecular weight excluding hydrogens is 220 g/mol. The van der Waals surface area contributed by atoms with E-state index in [1.54, 1.807) is 12.5 Å². The predicted molar refractivity (Wildman–Crippen MR) is 64.3 cm³/mol. The smallest absolute Gasteiger partial charge is 0.260 e. The van der Waals surface area contributed by atoms with E-state index in [4.69, 9.17) is 10.2 Å². The number of hydrogen-bond donors (Lipinski definition) is 1. The lowest BCUT2D eigenvalue weighted by molar-refractivity contribution is 0.454. The topological polar surface area (TPSA) is 52.0 Å². The Labute approximate surface area is 99.1 Å². The van der Waals surface area contributed by atoms with Crippen molar-refractivity contribution in [2.45, 2.75) is 29.5 Å². The number of rotatable bonds is 4. The minimum atomic E-state index is 0.126. The number of hydrogen-bond acceptors (Lipinski definition) is 4. The van der Waals surface area contributed by atoms with Gasteiger partial charge in [-0.25, -0.2) is 4.98 Å². The van der Waals surface area contributed by atoms with Gasteiger partial charge in [-0.3, -0.25) is 0 Å². The summed E-state index contributed by atoms with van der Waals surface area (Å²) in [4.78, 5) is 5.16. The Kier molecular flexibility index (Phi) is 3.64. The van der Waals surface area contributed by atoms with Gasteiger partial charge in [0.1, 0.15) is 6.26 Å². The standard InChI is InChI=1S/C12H14N2OS/c1-2-11(13)9-3-5-10(6-4-9)16-12-14-7-8-15-12/h3-8,11H,2,13H2,1H3/t11-/m1/s1. The Balaban J connectivity index is 2.07. The zero-order chi connectivity index (χ0) is 11.4. The lowest BCUT2D eigenvalue weighted by Crippen LogP contribution is -2.07. The summed E-state index contributed by atoms with van der Waals surface area (Å²) in [6.45, 7) is 2.08. The van der Waals surface area contributed by atoms with Crippen LogP contribution in [0.1, 0.15) is 24.9 Å². The zero-order valence-corrected chi connectivity index (χ0v) is 9.91. The third kappa shape index (κ3) is 2.65. The molecule has 0 fully saturated rings. The van der Waals surface area contributed by atoms with E-state index in [2.05, 4.69) is 24.0 Å². The van der Waals surface area contributed by atoms with Gasteiger partial charge < -0.3 is 10.2 Å². The van der Waals surface area contributed by atoms with Crippen LogP contribution in [0.3, 0.4) is 0 Å². The second-order valence-electron chi connectivity index (χ2n) is 3.48. The molecule has 0 amide bonds. The van der Waals surface area contributed by atoms with Crippen LogP contribution < -0.4 is 5.73 Å². The Bertz CT molecular complexity index is 425. The summed E-state index contributed by atoms with van der Waals surface area (Å²) in [6.07, 6.45) is 4.17. The first kappa shape index (κ1) is 11.2. The molecule has 0 radical (unpaired) electrons. The molecule has 1 aromatic heterocycles. The van der Waals surface area contributed by atoms with Gasteiger partial charge in [-0.15, -0.1) is 0 Å². The van der Waals surface area contributed by atoms with Gasteiger partial charge in [0.15, 0.2) is 0 Å². The molecule has 84 valence electrons. The fourth-order valence-electron chi connectivity index (χ4n) is 1.38. The summed E-state index contributed by atoms with van der Waals surface area (Å²) in [5, 5.41) is 0.660. The first-order valence-electron chi connectivity index (χ1n) is 5.22. The minimum Gasteiger partial charge on any atom is -0.440 e. The molecule has 1 atom stereocenters. The number of aromatic nitrogens is 1. The molecule has 0 aliphatic carbocycles. The van der Waals surface area contributed by atoms with Crippen molar-refractivity contribution in [3.8, 4) is 0 Å². The summed E-state index contributed by atoms with van der Waals surface area (Å²) in [5.74, 6) is 0. The molecule has 0 bridgehead atoms. The molecule has 0 aliphatic rings. The number of benzene rings is 1. The van der Waals surface area contributed by atoms with E-state index in [1.807, 2.05) is 12.1 Å². The third-order valence-corrected chi connectivity index (χ3v) is 3.25. The first-order valence-corrected chi connectivity index (χ1v) is 6.04. The van der Waals surface area contributed by atoms with Gasteiger partial charge in [-0.05, 0) is 35.9 Å². The molecule has 2 rings (SSSR count). The normalized spacial score (nSPS) is 12.6. The Hall–Kier alpha value is -1.26. The van der Waals surface area contributed by atoms with Crippen LogP contribution in [-0.4, -0.2) is 4.98 Å². The molecule has 3 nitrogen and oxygen atoms in total. The largest absolute Gasteiger partial charge is 0.440 e. The van der Waals surface area contributed by atoms with Gasteiger partial charge in [-0.2, -0.15) is 0 Å². The summed E-state index contributed by atoms with van der Waals surface area (Å²) >= 11 is 1.50. The van der Waals surface area contributed by atoms with Crippen molar-refractivity contribution in [1.29, 1.82) is 0 Å². The maximum absolute atomic E-state index is 5.94. The van der Waals surface area contributed by atoms with Crippen LogP contribution in [-0.2, 0) is 0 Å². The van der Waals surface area contributed by atoms with Crippen LogP contribution in [0.25, 0.3) is 0 Å². The van der Waals surface area contributed by atoms with E-state index in [0.29, 0.717) is 5.22 Å². The van der Waals surface area contributed by atoms with Gasteiger partial charge in [0.25, 0.3) is 5.22 Å². The molecular formula is C12H14N2OS. The van der Waals surface area contributed by atoms with Crippen LogP contribution in [0.5, 0.6) is 0 Å². The van der Waals surface area contributed by atoms with Gasteiger partial charge >= 0.3 is 0 Å². The van der Waals surface area contributed by atoms with Crippen LogP contribution in [0.15, 0.2) is 51.3 Å². The molecule has 2 N–H and O–H groups in total. The second kappa shape index (κ2) is 5.18. The molecule has 2 aromatic rings. The van der Waals surface area contributed by atoms with Gasteiger partial charge in [-0.1, -0.05) is 19.1 Å². The van der Waals surface area contributed by atoms with Crippen molar-refractivity contribution in [1.82, 2.24) is 4.98 Å². The second-order valence-corrected chi connectivity index (χ2v) is 4.51. The third-order valence-electron chi connectivity index (χ3n) is 2.36. The molecule has 16 heavy (non-hydrogen) atoms. The Morgan fingerprint density at radius 1 is 1.38 bits per heavy atom. The molecule has 4 heteroatoms. The highest BCUT2D eigenvalue weighted by molar-refractivity contribution is 7.99. The molecule has 0 unspecified atom stereocenters. The molecule has 1 heterocycles. The molecule has 0 saturated heterocycles. The zero-order valence-electron chi connectivity index (χ0n) is 9.09. The minimum absolute atomic E-state index is 0.126. The predicted octanol–water partition coefficient (Wildman–Crippen LogP) is 3.24. The lowest BCUT2D eigenvalue weighted by Gasteiger charge is -2.08. The van der Waals surface area contributed by atoms with Crippen molar-refractivity contribution in [2.24, 2.45) is 5.73 Å². The van der Waals surface area contributed by atoms with Crippen LogP contribution in [0.4, 0.5) is 0 Å². The van der Waals surface area contributed by atoms with E-state index >= 15 is 0 Å². The highest BCUT2D eigenvalue weighted by Crippen LogP contribution is 2.27. The van der Waals surface area contributed by atoms with Crippen molar-refractivity contribution in [3.05, 3.63) is 42.3 Å². The maximum atomic E-state index is 5.94. The summed E-state index contributed by atoms with van der Waals surface area (Å²) in [6, 6.07) is 8.32. The summed E-state index contributed by atoms with van der Waals surface area (Å²) in [7, 11) is 0. The van der Waals surface area contributed by atoms with E-state index in [1.165, 1.54) is 17.3 Å². The first-order chi connectivity index (χ1) is 7.79. The van der Waals surface area contributed by atoms with E-state index in [9.17, 15) is 0 Å². The van der Waals surface area contributed by atoms with E-state index in [-0.39, 0.29) is 6.04 Å². The average molecular weight is 234 g/mol. The van der Waals surface area contributed by atoms with Crippen LogP contribution in [0.2, 0.25) is 0 Å². The lowest BCUT2D eigenvalue weighted by atomic mass is 10.1. The SMILES string of the molecule is CC[C@@H](N)c1ccc(Sc2ncco2)cc1. The maximum Gasteiger partial charge on any atom is 0.260 e. The van der Waals surface area contributed by atoms with E-state index < -0.39 is 0 Å². The highest BCUT2D eigenvalue weighted by atomic mass is 32.2. The molecule has 1 aromatic carbocycles. The van der Waals surface area contributed by atoms with Crippen molar-refractivity contribution in [2.75, 3.05) is 0 Å². The summed E-state index contributed by atoms with van der Waals surface area (Å²) in [5.41, 5.74) is 7.11. The fraction of sp³-hybridized carbons (Fsp3) is 0.250.